The lowest BCUT2D eigenvalue weighted by molar-refractivity contribution is -0.342. The molecule has 3 aliphatic rings. The van der Waals surface area contributed by atoms with E-state index in [-0.39, 0.29) is 31.7 Å². The molecule has 0 spiro atoms. The van der Waals surface area contributed by atoms with Crippen molar-refractivity contribution in [2.45, 2.75) is 154 Å². The minimum atomic E-state index is -1.30. The summed E-state index contributed by atoms with van der Waals surface area (Å²) in [6.07, 6.45) is -2.86. The number of aliphatic hydroxyl groups excluding tert-OH is 3. The quantitative estimate of drug-likeness (QED) is 0.188. The van der Waals surface area contributed by atoms with Crippen LogP contribution in [0, 0.1) is 23.7 Å². The van der Waals surface area contributed by atoms with Gasteiger partial charge < -0.3 is 58.5 Å². The topological polar surface area (TPSA) is 191 Å². The standard InChI is InChI=1S/C39H65NO13/c1-11-30-27(20-42)16-21(2)12-13-28(43)22(3)17-26(14-15-41)35(23(4)29(44)18-31(45)51-30)53-38-34(46)33(40(8)9)36(24(5)50-38)52-32-19-39(7,47)37(48-10)25(6)49-32/h12-13,15-16,22-27,29-30,32-38,42,44,46-47H,11,14,17-20H2,1-10H3/b13-12+,21-16+/t22-,23+,24-,25-,26+,27-,29-,30-,32+,33?,34?,35-,36?,37?,38+,39?/m1/s1. The fourth-order valence-electron chi connectivity index (χ4n) is 8.12. The van der Waals surface area contributed by atoms with E-state index in [2.05, 4.69) is 0 Å². The van der Waals surface area contributed by atoms with Crippen LogP contribution in [0.5, 0.6) is 0 Å². The number of ketones is 1. The maximum atomic E-state index is 13.3. The molecule has 2 saturated heterocycles. The number of nitrogens with zero attached hydrogens (tertiary/aromatic N) is 1. The highest BCUT2D eigenvalue weighted by Crippen LogP contribution is 2.37. The lowest BCUT2D eigenvalue weighted by atomic mass is 9.79. The summed E-state index contributed by atoms with van der Waals surface area (Å²) in [5, 5.41) is 44.6. The second kappa shape index (κ2) is 20.2. The van der Waals surface area contributed by atoms with Crippen molar-refractivity contribution in [3.63, 3.8) is 0 Å². The molecule has 0 saturated carbocycles. The van der Waals surface area contributed by atoms with E-state index in [0.717, 1.165) is 6.29 Å². The van der Waals surface area contributed by atoms with Gasteiger partial charge >= 0.3 is 5.97 Å². The average molecular weight is 756 g/mol. The Morgan fingerprint density at radius 2 is 1.72 bits per heavy atom. The number of ether oxygens (including phenoxy) is 6. The van der Waals surface area contributed by atoms with Gasteiger partial charge in [-0.1, -0.05) is 38.5 Å². The summed E-state index contributed by atoms with van der Waals surface area (Å²) in [7, 11) is 5.07. The molecule has 53 heavy (non-hydrogen) atoms. The van der Waals surface area contributed by atoms with Crippen molar-refractivity contribution in [1.82, 2.24) is 4.90 Å². The van der Waals surface area contributed by atoms with Crippen LogP contribution in [0.3, 0.4) is 0 Å². The number of methoxy groups -OCH3 is 1. The smallest absolute Gasteiger partial charge is 0.308 e. The van der Waals surface area contributed by atoms with E-state index in [1.54, 1.807) is 72.7 Å². The second-order valence-corrected chi connectivity index (χ2v) is 15.7. The van der Waals surface area contributed by atoms with E-state index in [0.29, 0.717) is 12.0 Å². The molecule has 0 aromatic heterocycles. The largest absolute Gasteiger partial charge is 0.462 e. The maximum Gasteiger partial charge on any atom is 0.308 e. The van der Waals surface area contributed by atoms with Crippen molar-refractivity contribution < 1.29 is 63.2 Å². The lowest BCUT2D eigenvalue weighted by Crippen LogP contribution is -2.65. The third kappa shape index (κ3) is 11.7. The Morgan fingerprint density at radius 3 is 2.28 bits per heavy atom. The Labute approximate surface area is 314 Å². The van der Waals surface area contributed by atoms with Gasteiger partial charge in [0, 0.05) is 37.7 Å². The van der Waals surface area contributed by atoms with Gasteiger partial charge in [0.15, 0.2) is 18.4 Å². The molecular formula is C39H65NO13. The molecule has 0 bridgehead atoms. The van der Waals surface area contributed by atoms with E-state index in [9.17, 15) is 34.8 Å². The molecule has 5 unspecified atom stereocenters. The molecule has 0 aliphatic carbocycles. The number of likely N-dealkylation sites (N-methyl/N-ethyl adjacent to an activating group) is 1. The first kappa shape index (κ1) is 45.3. The molecule has 3 rings (SSSR count). The van der Waals surface area contributed by atoms with E-state index in [1.807, 2.05) is 6.92 Å². The van der Waals surface area contributed by atoms with Crippen LogP contribution in [0.2, 0.25) is 0 Å². The number of cyclic esters (lactones) is 1. The normalized spacial score (nSPS) is 44.2. The maximum absolute atomic E-state index is 13.3. The highest BCUT2D eigenvalue weighted by molar-refractivity contribution is 5.91. The van der Waals surface area contributed by atoms with Gasteiger partial charge in [-0.25, -0.2) is 0 Å². The van der Waals surface area contributed by atoms with Crippen LogP contribution in [0.25, 0.3) is 0 Å². The summed E-state index contributed by atoms with van der Waals surface area (Å²) < 4.78 is 36.6. The predicted octanol–water partition coefficient (Wildman–Crippen LogP) is 2.33. The van der Waals surface area contributed by atoms with Crippen molar-refractivity contribution in [1.29, 1.82) is 0 Å². The van der Waals surface area contributed by atoms with Gasteiger partial charge in [0.2, 0.25) is 0 Å². The number of aldehydes is 1. The Balaban J connectivity index is 1.95. The predicted molar refractivity (Wildman–Crippen MR) is 194 cm³/mol. The van der Waals surface area contributed by atoms with Gasteiger partial charge in [0.25, 0.3) is 0 Å². The molecule has 0 radical (unpaired) electrons. The van der Waals surface area contributed by atoms with Crippen molar-refractivity contribution in [3.8, 4) is 0 Å². The highest BCUT2D eigenvalue weighted by atomic mass is 16.7. The third-order valence-corrected chi connectivity index (χ3v) is 11.1. The van der Waals surface area contributed by atoms with Gasteiger partial charge in [-0.2, -0.15) is 0 Å². The zero-order chi connectivity index (χ0) is 39.8. The minimum absolute atomic E-state index is 0.0245. The molecule has 0 aromatic rings. The van der Waals surface area contributed by atoms with Crippen LogP contribution in [0.4, 0.5) is 0 Å². The summed E-state index contributed by atoms with van der Waals surface area (Å²) >= 11 is 0. The van der Waals surface area contributed by atoms with Crippen molar-refractivity contribution >= 4 is 18.0 Å². The van der Waals surface area contributed by atoms with Crippen LogP contribution in [-0.4, -0.2) is 144 Å². The number of hydrogen-bond acceptors (Lipinski definition) is 14. The zero-order valence-electron chi connectivity index (χ0n) is 33.1. The summed E-state index contributed by atoms with van der Waals surface area (Å²) in [6.45, 7) is 12.0. The first-order valence-electron chi connectivity index (χ1n) is 18.9. The fraction of sp³-hybridized carbons (Fsp3) is 0.821. The molecule has 3 heterocycles. The summed E-state index contributed by atoms with van der Waals surface area (Å²) in [4.78, 5) is 40.4. The highest BCUT2D eigenvalue weighted by Gasteiger charge is 2.51. The molecule has 2 fully saturated rings. The van der Waals surface area contributed by atoms with Gasteiger partial charge in [0.1, 0.15) is 30.7 Å². The Morgan fingerprint density at radius 1 is 1.04 bits per heavy atom. The molecule has 304 valence electrons. The molecular weight excluding hydrogens is 690 g/mol. The van der Waals surface area contributed by atoms with Crippen molar-refractivity contribution in [2.75, 3.05) is 27.8 Å². The van der Waals surface area contributed by atoms with Crippen LogP contribution in [0.15, 0.2) is 23.8 Å². The molecule has 4 N–H and O–H groups in total. The average Bonchev–Trinajstić information content (AvgIpc) is 3.07. The van der Waals surface area contributed by atoms with Crippen LogP contribution in [0.1, 0.15) is 80.6 Å². The number of carbonyl (C=O) groups is 3. The Bertz CT molecular complexity index is 1260. The van der Waals surface area contributed by atoms with Crippen LogP contribution >= 0.6 is 0 Å². The number of rotatable bonds is 10. The summed E-state index contributed by atoms with van der Waals surface area (Å²) in [5.74, 6) is -3.33. The van der Waals surface area contributed by atoms with Crippen molar-refractivity contribution in [3.05, 3.63) is 23.8 Å². The van der Waals surface area contributed by atoms with Crippen molar-refractivity contribution in [2.24, 2.45) is 23.7 Å². The molecule has 0 aromatic carbocycles. The van der Waals surface area contributed by atoms with Crippen LogP contribution in [-0.2, 0) is 42.8 Å². The number of carbonyl (C=O) groups excluding carboxylic acids is 3. The van der Waals surface area contributed by atoms with Gasteiger partial charge in [-0.15, -0.1) is 0 Å². The van der Waals surface area contributed by atoms with Gasteiger partial charge in [-0.3, -0.25) is 9.59 Å². The Kier molecular flexibility index (Phi) is 17.2. The molecule has 14 heteroatoms. The van der Waals surface area contributed by atoms with Crippen LogP contribution < -0.4 is 0 Å². The summed E-state index contributed by atoms with van der Waals surface area (Å²) in [5.41, 5.74) is -0.536. The van der Waals surface area contributed by atoms with E-state index in [4.69, 9.17) is 28.4 Å². The number of esters is 1. The van der Waals surface area contributed by atoms with E-state index < -0.39 is 109 Å². The Hall–Kier alpha value is -2.11. The number of hydrogen-bond donors (Lipinski definition) is 4. The first-order valence-corrected chi connectivity index (χ1v) is 18.9. The van der Waals surface area contributed by atoms with E-state index in [1.165, 1.54) is 13.2 Å². The fourth-order valence-corrected chi connectivity index (χ4v) is 8.12. The molecule has 14 nitrogen and oxygen atoms in total. The monoisotopic (exact) mass is 755 g/mol. The van der Waals surface area contributed by atoms with E-state index >= 15 is 0 Å². The SMILES string of the molecule is CC[C@H]1OC(=O)C[C@@H](O)[C@H](C)[C@@H](O[C@@H]2O[C@H](C)C(O[C@H]3CC(C)(O)C(OC)[C@@H](C)O3)C(N(C)C)C2O)[C@@H](CC=O)C[C@@H](C)C(=O)/C=C/C(C)=C/[C@@H]1CO. The summed E-state index contributed by atoms with van der Waals surface area (Å²) in [6, 6.07) is -0.689. The molecule has 16 atom stereocenters. The lowest BCUT2D eigenvalue weighted by Gasteiger charge is -2.50. The first-order chi connectivity index (χ1) is 24.9. The molecule has 0 amide bonds. The van der Waals surface area contributed by atoms with Gasteiger partial charge in [0.05, 0.1) is 49.1 Å². The minimum Gasteiger partial charge on any atom is -0.462 e. The number of allylic oxidation sites excluding steroid dienone is 3. The second-order valence-electron chi connectivity index (χ2n) is 15.7. The van der Waals surface area contributed by atoms with Gasteiger partial charge in [-0.05, 0) is 66.6 Å². The number of aliphatic hydroxyl groups is 4. The molecule has 3 aliphatic heterocycles. The third-order valence-electron chi connectivity index (χ3n) is 11.1. The zero-order valence-corrected chi connectivity index (χ0v) is 33.1.